The predicted molar refractivity (Wildman–Crippen MR) is 34.4 cm³/mol. The summed E-state index contributed by atoms with van der Waals surface area (Å²) in [6.45, 7) is 3.80. The second kappa shape index (κ2) is 3.94. The molecule has 1 heteroatoms. The highest BCUT2D eigenvalue weighted by atomic mass is 35.5. The molecule has 0 rings (SSSR count). The third kappa shape index (κ3) is 5.77. The lowest BCUT2D eigenvalue weighted by atomic mass is 10.5. The highest BCUT2D eigenvalue weighted by Gasteiger charge is 1.68. The van der Waals surface area contributed by atoms with Crippen molar-refractivity contribution in [2.24, 2.45) is 0 Å². The third-order valence-corrected chi connectivity index (χ3v) is 0.644. The summed E-state index contributed by atoms with van der Waals surface area (Å²) in [5.41, 5.74) is 0. The Hall–Kier alpha value is -0.230. The fourth-order valence-corrected chi connectivity index (χ4v) is 0.302. The van der Waals surface area contributed by atoms with Crippen molar-refractivity contribution in [1.29, 1.82) is 0 Å². The van der Waals surface area contributed by atoms with Gasteiger partial charge in [0.05, 0.1) is 0 Å². The molecule has 40 valence electrons. The van der Waals surface area contributed by atoms with Crippen molar-refractivity contribution in [2.45, 2.75) is 13.8 Å². The molecule has 0 aromatic heterocycles. The first kappa shape index (κ1) is 6.77. The smallest absolute Gasteiger partial charge is 0.0149 e. The number of hydrogen-bond donors (Lipinski definition) is 0. The van der Waals surface area contributed by atoms with Crippen LogP contribution in [0.25, 0.3) is 0 Å². The van der Waals surface area contributed by atoms with Gasteiger partial charge in [0.25, 0.3) is 0 Å². The van der Waals surface area contributed by atoms with E-state index in [0.29, 0.717) is 0 Å². The zero-order chi connectivity index (χ0) is 5.70. The monoisotopic (exact) mass is 116 g/mol. The summed E-state index contributed by atoms with van der Waals surface area (Å²) in [5.74, 6) is 0. The van der Waals surface area contributed by atoms with Crippen molar-refractivity contribution in [3.8, 4) is 0 Å². The Balaban J connectivity index is 3.46. The van der Waals surface area contributed by atoms with Gasteiger partial charge in [-0.1, -0.05) is 23.8 Å². The van der Waals surface area contributed by atoms with Gasteiger partial charge in [0.2, 0.25) is 0 Å². The molecule has 0 unspecified atom stereocenters. The van der Waals surface area contributed by atoms with Crippen molar-refractivity contribution in [1.82, 2.24) is 0 Å². The molecule has 0 aliphatic carbocycles. The van der Waals surface area contributed by atoms with Crippen molar-refractivity contribution < 1.29 is 0 Å². The molecule has 0 atom stereocenters. The molecular formula is C6H9Cl. The summed E-state index contributed by atoms with van der Waals surface area (Å²) in [6, 6.07) is 0. The normalized spacial score (nSPS) is 13.3. The van der Waals surface area contributed by atoms with Crippen LogP contribution in [-0.2, 0) is 0 Å². The fourth-order valence-electron chi connectivity index (χ4n) is 0.229. The molecule has 0 aliphatic rings. The van der Waals surface area contributed by atoms with Gasteiger partial charge < -0.3 is 0 Å². The van der Waals surface area contributed by atoms with Gasteiger partial charge in [0.15, 0.2) is 0 Å². The highest BCUT2D eigenvalue weighted by Crippen LogP contribution is 1.96. The van der Waals surface area contributed by atoms with Gasteiger partial charge in [0.1, 0.15) is 0 Å². The molecule has 0 amide bonds. The second-order valence-electron chi connectivity index (χ2n) is 1.28. The van der Waals surface area contributed by atoms with E-state index < -0.39 is 0 Å². The molecule has 7 heavy (non-hydrogen) atoms. The zero-order valence-corrected chi connectivity index (χ0v) is 5.37. The first-order valence-electron chi connectivity index (χ1n) is 2.22. The number of allylic oxidation sites excluding steroid dienone is 4. The van der Waals surface area contributed by atoms with Gasteiger partial charge in [-0.15, -0.1) is 0 Å². The standard InChI is InChI=1S/C6H9Cl/c1-3-4-5-6(2)7/h3-5H,1-2H3. The van der Waals surface area contributed by atoms with Crippen molar-refractivity contribution in [2.75, 3.05) is 0 Å². The molecule has 0 heterocycles. The molecule has 0 saturated heterocycles. The summed E-state index contributed by atoms with van der Waals surface area (Å²) in [5, 5.41) is 0.818. The van der Waals surface area contributed by atoms with Crippen LogP contribution in [0.4, 0.5) is 0 Å². The van der Waals surface area contributed by atoms with E-state index in [4.69, 9.17) is 11.6 Å². The number of halogens is 1. The van der Waals surface area contributed by atoms with Gasteiger partial charge in [-0.2, -0.15) is 0 Å². The van der Waals surface area contributed by atoms with Crippen LogP contribution in [0.5, 0.6) is 0 Å². The van der Waals surface area contributed by atoms with Crippen LogP contribution in [0.2, 0.25) is 0 Å². The van der Waals surface area contributed by atoms with Crippen LogP contribution in [0.15, 0.2) is 23.3 Å². The van der Waals surface area contributed by atoms with Gasteiger partial charge in [0, 0.05) is 5.03 Å². The summed E-state index contributed by atoms with van der Waals surface area (Å²) in [6.07, 6.45) is 5.69. The lowest BCUT2D eigenvalue weighted by molar-refractivity contribution is 1.64. The second-order valence-corrected chi connectivity index (χ2v) is 1.88. The highest BCUT2D eigenvalue weighted by molar-refractivity contribution is 6.29. The third-order valence-electron chi connectivity index (χ3n) is 0.518. The average molecular weight is 117 g/mol. The maximum Gasteiger partial charge on any atom is 0.0149 e. The molecule has 0 radical (unpaired) electrons. The zero-order valence-electron chi connectivity index (χ0n) is 4.61. The van der Waals surface area contributed by atoms with Gasteiger partial charge in [-0.05, 0) is 19.9 Å². The van der Waals surface area contributed by atoms with Gasteiger partial charge >= 0.3 is 0 Å². The molecule has 0 N–H and O–H groups in total. The predicted octanol–water partition coefficient (Wildman–Crippen LogP) is 2.71. The average Bonchev–Trinajstić information content (AvgIpc) is 1.61. The first-order chi connectivity index (χ1) is 3.27. The Morgan fingerprint density at radius 2 is 2.14 bits per heavy atom. The molecule has 0 fully saturated rings. The van der Waals surface area contributed by atoms with E-state index in [1.807, 2.05) is 32.1 Å². The molecule has 0 spiro atoms. The summed E-state index contributed by atoms with van der Waals surface area (Å²) >= 11 is 5.47. The minimum atomic E-state index is 0.818. The Labute approximate surface area is 49.5 Å². The lowest BCUT2D eigenvalue weighted by Crippen LogP contribution is -1.51. The summed E-state index contributed by atoms with van der Waals surface area (Å²) < 4.78 is 0. The van der Waals surface area contributed by atoms with E-state index in [1.165, 1.54) is 0 Å². The first-order valence-corrected chi connectivity index (χ1v) is 2.60. The van der Waals surface area contributed by atoms with E-state index in [1.54, 1.807) is 0 Å². The minimum Gasteiger partial charge on any atom is -0.0895 e. The minimum absolute atomic E-state index is 0.818. The van der Waals surface area contributed by atoms with Crippen molar-refractivity contribution in [3.63, 3.8) is 0 Å². The van der Waals surface area contributed by atoms with Crippen LogP contribution in [0.1, 0.15) is 13.8 Å². The quantitative estimate of drug-likeness (QED) is 0.462. The van der Waals surface area contributed by atoms with Crippen LogP contribution in [-0.4, -0.2) is 0 Å². The Morgan fingerprint density at radius 1 is 1.57 bits per heavy atom. The SMILES string of the molecule is CC=CC=C(C)Cl. The largest absolute Gasteiger partial charge is 0.0895 e. The van der Waals surface area contributed by atoms with Gasteiger partial charge in [-0.3, -0.25) is 0 Å². The van der Waals surface area contributed by atoms with Gasteiger partial charge in [-0.25, -0.2) is 0 Å². The lowest BCUT2D eigenvalue weighted by Gasteiger charge is -1.74. The topological polar surface area (TPSA) is 0 Å². The van der Waals surface area contributed by atoms with Crippen LogP contribution in [0.3, 0.4) is 0 Å². The molecule has 0 aliphatic heterocycles. The molecule has 0 aromatic carbocycles. The number of hydrogen-bond acceptors (Lipinski definition) is 0. The molecule has 0 bridgehead atoms. The number of rotatable bonds is 1. The van der Waals surface area contributed by atoms with Crippen LogP contribution < -0.4 is 0 Å². The fraction of sp³-hybridized carbons (Fsp3) is 0.333. The maximum absolute atomic E-state index is 5.47. The van der Waals surface area contributed by atoms with E-state index in [2.05, 4.69) is 0 Å². The van der Waals surface area contributed by atoms with Crippen molar-refractivity contribution >= 4 is 11.6 Å². The summed E-state index contributed by atoms with van der Waals surface area (Å²) in [7, 11) is 0. The van der Waals surface area contributed by atoms with Crippen molar-refractivity contribution in [3.05, 3.63) is 23.3 Å². The van der Waals surface area contributed by atoms with E-state index in [9.17, 15) is 0 Å². The molecule has 0 nitrogen and oxygen atoms in total. The van der Waals surface area contributed by atoms with E-state index in [-0.39, 0.29) is 0 Å². The Kier molecular flexibility index (Phi) is 3.81. The Morgan fingerprint density at radius 3 is 2.29 bits per heavy atom. The van der Waals surface area contributed by atoms with Crippen LogP contribution in [0, 0.1) is 0 Å². The van der Waals surface area contributed by atoms with Crippen LogP contribution >= 0.6 is 11.6 Å². The maximum atomic E-state index is 5.47. The molecule has 0 aromatic rings. The summed E-state index contributed by atoms with van der Waals surface area (Å²) in [4.78, 5) is 0. The molecule has 0 saturated carbocycles. The molecular weight excluding hydrogens is 108 g/mol. The van der Waals surface area contributed by atoms with E-state index >= 15 is 0 Å². The van der Waals surface area contributed by atoms with E-state index in [0.717, 1.165) is 5.03 Å². The Bertz CT molecular complexity index is 86.4.